The molecule has 0 unspecified atom stereocenters. The lowest BCUT2D eigenvalue weighted by atomic mass is 9.81. The number of aliphatic hydroxyl groups excluding tert-OH is 1. The molecule has 3 heterocycles. The van der Waals surface area contributed by atoms with Gasteiger partial charge in [0.25, 0.3) is 0 Å². The number of esters is 1. The highest BCUT2D eigenvalue weighted by molar-refractivity contribution is 7.13. The van der Waals surface area contributed by atoms with Crippen molar-refractivity contribution in [2.45, 2.75) is 25.4 Å². The van der Waals surface area contributed by atoms with E-state index in [1.165, 1.54) is 18.4 Å². The summed E-state index contributed by atoms with van der Waals surface area (Å²) in [7, 11) is 2.97. The van der Waals surface area contributed by atoms with E-state index >= 15 is 0 Å². The molecule has 0 aliphatic carbocycles. The van der Waals surface area contributed by atoms with Crippen LogP contribution in [0.2, 0.25) is 0 Å². The van der Waals surface area contributed by atoms with Gasteiger partial charge in [0, 0.05) is 23.5 Å². The van der Waals surface area contributed by atoms with E-state index in [0.29, 0.717) is 36.8 Å². The zero-order chi connectivity index (χ0) is 24.8. The molecular formula is C25H30N4O5S. The first kappa shape index (κ1) is 25.0. The Balaban J connectivity index is 1.39. The quantitative estimate of drug-likeness (QED) is 0.432. The molecule has 1 aromatic carbocycles. The molecule has 0 saturated carbocycles. The number of benzene rings is 1. The Kier molecular flexibility index (Phi) is 8.27. The van der Waals surface area contributed by atoms with E-state index in [2.05, 4.69) is 15.3 Å². The normalized spacial score (nSPS) is 19.3. The highest BCUT2D eigenvalue weighted by Gasteiger charge is 2.35. The number of rotatable bonds is 9. The minimum Gasteiger partial charge on any atom is -0.495 e. The fourth-order valence-corrected chi connectivity index (χ4v) is 5.25. The smallest absolute Gasteiger partial charge is 0.310 e. The highest BCUT2D eigenvalue weighted by atomic mass is 32.1. The van der Waals surface area contributed by atoms with Crippen LogP contribution in [0, 0.1) is 11.8 Å². The molecule has 0 radical (unpaired) electrons. The molecule has 1 aliphatic rings. The number of methoxy groups -OCH3 is 2. The number of carbonyl (C=O) groups excluding carboxylic acids is 2. The Labute approximate surface area is 208 Å². The monoisotopic (exact) mass is 498 g/mol. The summed E-state index contributed by atoms with van der Waals surface area (Å²) < 4.78 is 10.4. The second-order valence-corrected chi connectivity index (χ2v) is 9.58. The fraction of sp³-hybridized carbons (Fsp3) is 0.440. The van der Waals surface area contributed by atoms with Crippen molar-refractivity contribution < 1.29 is 24.2 Å². The molecule has 3 aromatic rings. The average molecular weight is 499 g/mol. The van der Waals surface area contributed by atoms with Gasteiger partial charge in [-0.1, -0.05) is 12.1 Å². The summed E-state index contributed by atoms with van der Waals surface area (Å²) in [5.41, 5.74) is 1.58. The van der Waals surface area contributed by atoms with Crippen LogP contribution in [0.5, 0.6) is 5.75 Å². The average Bonchev–Trinajstić information content (AvgIpc) is 3.39. The summed E-state index contributed by atoms with van der Waals surface area (Å²) in [5.74, 6) is -0.110. The van der Waals surface area contributed by atoms with Gasteiger partial charge in [0.2, 0.25) is 5.91 Å². The third-order valence-electron chi connectivity index (χ3n) is 6.53. The molecule has 3 atom stereocenters. The van der Waals surface area contributed by atoms with Gasteiger partial charge in [0.1, 0.15) is 5.75 Å². The topological polar surface area (TPSA) is 114 Å². The number of fused-ring (bicyclic) bond motifs is 1. The van der Waals surface area contributed by atoms with Crippen LogP contribution in [0.15, 0.2) is 42.0 Å². The van der Waals surface area contributed by atoms with Gasteiger partial charge in [-0.25, -0.2) is 4.98 Å². The molecule has 1 saturated heterocycles. The van der Waals surface area contributed by atoms with Gasteiger partial charge in [-0.2, -0.15) is 0 Å². The van der Waals surface area contributed by atoms with Crippen LogP contribution >= 0.6 is 11.3 Å². The number of aromatic nitrogens is 2. The predicted molar refractivity (Wildman–Crippen MR) is 133 cm³/mol. The van der Waals surface area contributed by atoms with Crippen molar-refractivity contribution in [3.8, 4) is 5.75 Å². The first-order chi connectivity index (χ1) is 17.0. The number of hydrogen-bond acceptors (Lipinski definition) is 9. The van der Waals surface area contributed by atoms with Gasteiger partial charge < -0.3 is 19.9 Å². The Bertz CT molecular complexity index is 1160. The molecule has 0 bridgehead atoms. The van der Waals surface area contributed by atoms with Crippen LogP contribution in [-0.2, 0) is 14.3 Å². The number of pyridine rings is 1. The summed E-state index contributed by atoms with van der Waals surface area (Å²) in [4.78, 5) is 35.4. The van der Waals surface area contributed by atoms with E-state index in [4.69, 9.17) is 9.47 Å². The van der Waals surface area contributed by atoms with E-state index in [1.54, 1.807) is 24.9 Å². The predicted octanol–water partition coefficient (Wildman–Crippen LogP) is 3.26. The van der Waals surface area contributed by atoms with Crippen LogP contribution in [0.1, 0.15) is 30.9 Å². The number of aliphatic hydroxyl groups is 1. The number of likely N-dealkylation sites (tertiary alicyclic amines) is 1. The Morgan fingerprint density at radius 1 is 1.31 bits per heavy atom. The molecular weight excluding hydrogens is 468 g/mol. The van der Waals surface area contributed by atoms with Crippen LogP contribution in [0.4, 0.5) is 5.13 Å². The third-order valence-corrected chi connectivity index (χ3v) is 7.22. The zero-order valence-electron chi connectivity index (χ0n) is 19.8. The zero-order valence-corrected chi connectivity index (χ0v) is 20.7. The summed E-state index contributed by atoms with van der Waals surface area (Å²) in [6, 6.07) is 7.56. The summed E-state index contributed by atoms with van der Waals surface area (Å²) in [6.45, 7) is 1.32. The molecule has 2 aromatic heterocycles. The lowest BCUT2D eigenvalue weighted by Crippen LogP contribution is -2.47. The molecule has 1 amide bonds. The second-order valence-electron chi connectivity index (χ2n) is 8.68. The lowest BCUT2D eigenvalue weighted by molar-refractivity contribution is -0.150. The number of ether oxygens (including phenoxy) is 2. The van der Waals surface area contributed by atoms with Crippen LogP contribution in [0.25, 0.3) is 10.9 Å². The van der Waals surface area contributed by atoms with Gasteiger partial charge in [-0.05, 0) is 49.4 Å². The molecule has 1 aliphatic heterocycles. The minimum absolute atomic E-state index is 0.0537. The van der Waals surface area contributed by atoms with Crippen molar-refractivity contribution in [3.63, 3.8) is 0 Å². The maximum absolute atomic E-state index is 12.6. The van der Waals surface area contributed by atoms with Crippen LogP contribution in [0.3, 0.4) is 0 Å². The molecule has 35 heavy (non-hydrogen) atoms. The van der Waals surface area contributed by atoms with Crippen molar-refractivity contribution >= 4 is 39.2 Å². The number of amides is 1. The maximum Gasteiger partial charge on any atom is 0.310 e. The Morgan fingerprint density at radius 3 is 2.91 bits per heavy atom. The standard InChI is InChI=1S/C25H30N4O5S/c1-33-17-12-19-18(4-3-5-21(19)27-13-17)22(30)7-6-16-8-10-29(14-20(16)24(32)34-2)15-23(31)28-25-26-9-11-35-25/h3-5,9,11-13,16,20,22,30H,6-8,10,14-15H2,1-2H3,(H,26,28,31)/t16-,20+,22+/m1/s1. The number of nitrogens with zero attached hydrogens (tertiary/aromatic N) is 3. The summed E-state index contributed by atoms with van der Waals surface area (Å²) in [6.07, 6.45) is 4.49. The number of thiazole rings is 1. The van der Waals surface area contributed by atoms with E-state index < -0.39 is 6.10 Å². The SMILES string of the molecule is COC(=O)[C@H]1CN(CC(=O)Nc2nccs2)CC[C@H]1CC[C@H](O)c1cccc2ncc(OC)cc12. The van der Waals surface area contributed by atoms with Crippen molar-refractivity contribution in [1.29, 1.82) is 0 Å². The van der Waals surface area contributed by atoms with E-state index in [1.807, 2.05) is 29.2 Å². The third kappa shape index (κ3) is 6.14. The molecule has 0 spiro atoms. The number of piperidine rings is 1. The molecule has 9 nitrogen and oxygen atoms in total. The minimum atomic E-state index is -0.701. The van der Waals surface area contributed by atoms with Gasteiger partial charge in [-0.3, -0.25) is 19.5 Å². The largest absolute Gasteiger partial charge is 0.495 e. The van der Waals surface area contributed by atoms with Crippen LogP contribution in [-0.4, -0.2) is 65.7 Å². The number of nitrogens with one attached hydrogen (secondary N) is 1. The maximum atomic E-state index is 12.6. The van der Waals surface area contributed by atoms with Crippen molar-refractivity contribution in [2.24, 2.45) is 11.8 Å². The Hall–Kier alpha value is -3.08. The number of anilines is 1. The molecule has 186 valence electrons. The fourth-order valence-electron chi connectivity index (χ4n) is 4.71. The van der Waals surface area contributed by atoms with Crippen molar-refractivity contribution in [3.05, 3.63) is 47.6 Å². The molecule has 4 rings (SSSR count). The van der Waals surface area contributed by atoms with Gasteiger partial charge in [0.15, 0.2) is 5.13 Å². The van der Waals surface area contributed by atoms with Gasteiger partial charge >= 0.3 is 5.97 Å². The van der Waals surface area contributed by atoms with E-state index in [-0.39, 0.29) is 30.3 Å². The first-order valence-corrected chi connectivity index (χ1v) is 12.5. The van der Waals surface area contributed by atoms with Gasteiger partial charge in [0.05, 0.1) is 44.5 Å². The van der Waals surface area contributed by atoms with Crippen molar-refractivity contribution in [1.82, 2.24) is 14.9 Å². The van der Waals surface area contributed by atoms with Gasteiger partial charge in [-0.15, -0.1) is 11.3 Å². The summed E-state index contributed by atoms with van der Waals surface area (Å²) in [5, 5.41) is 17.0. The lowest BCUT2D eigenvalue weighted by Gasteiger charge is -2.37. The van der Waals surface area contributed by atoms with E-state index in [9.17, 15) is 14.7 Å². The molecule has 1 fully saturated rings. The first-order valence-electron chi connectivity index (χ1n) is 11.6. The van der Waals surface area contributed by atoms with E-state index in [0.717, 1.165) is 22.9 Å². The number of carbonyl (C=O) groups is 2. The van der Waals surface area contributed by atoms with Crippen molar-refractivity contribution in [2.75, 3.05) is 39.2 Å². The molecule has 2 N–H and O–H groups in total. The molecule has 10 heteroatoms. The Morgan fingerprint density at radius 2 is 2.17 bits per heavy atom. The second kappa shape index (κ2) is 11.6. The van der Waals surface area contributed by atoms with Crippen LogP contribution < -0.4 is 10.1 Å². The number of hydrogen-bond donors (Lipinski definition) is 2. The summed E-state index contributed by atoms with van der Waals surface area (Å²) >= 11 is 1.36. The highest BCUT2D eigenvalue weighted by Crippen LogP contribution is 2.34.